The highest BCUT2D eigenvalue weighted by atomic mass is 19.4. The second-order valence-corrected chi connectivity index (χ2v) is 6.51. The molecule has 1 amide bonds. The molecule has 0 aliphatic rings. The first-order valence-electron chi connectivity index (χ1n) is 8.83. The molecule has 0 fully saturated rings. The van der Waals surface area contributed by atoms with E-state index in [2.05, 4.69) is 15.3 Å². The van der Waals surface area contributed by atoms with E-state index in [1.54, 1.807) is 18.2 Å². The second-order valence-electron chi connectivity index (χ2n) is 6.51. The number of H-pyrrole nitrogens is 1. The summed E-state index contributed by atoms with van der Waals surface area (Å²) in [5.74, 6) is -1.13. The number of oxazole rings is 1. The molecule has 2 N–H and O–H groups in total. The summed E-state index contributed by atoms with van der Waals surface area (Å²) < 4.78 is 43.6. The van der Waals surface area contributed by atoms with Gasteiger partial charge in [-0.15, -0.1) is 0 Å². The van der Waals surface area contributed by atoms with Crippen LogP contribution < -0.4 is 11.1 Å². The van der Waals surface area contributed by atoms with Crippen LogP contribution in [0.1, 0.15) is 33.2 Å². The fourth-order valence-corrected chi connectivity index (χ4v) is 3.05. The molecule has 0 aliphatic heterocycles. The Balaban J connectivity index is 1.67. The van der Waals surface area contributed by atoms with Crippen molar-refractivity contribution in [3.63, 3.8) is 0 Å². The number of rotatable bonds is 4. The summed E-state index contributed by atoms with van der Waals surface area (Å²) in [7, 11) is 0. The Kier molecular flexibility index (Phi) is 4.86. The van der Waals surface area contributed by atoms with Gasteiger partial charge in [-0.2, -0.15) is 13.2 Å². The zero-order valence-electron chi connectivity index (χ0n) is 15.2. The van der Waals surface area contributed by atoms with Crippen molar-refractivity contribution in [3.05, 3.63) is 99.8 Å². The van der Waals surface area contributed by atoms with Gasteiger partial charge in [0.1, 0.15) is 0 Å². The van der Waals surface area contributed by atoms with Gasteiger partial charge in [0.25, 0.3) is 5.91 Å². The zero-order valence-corrected chi connectivity index (χ0v) is 15.2. The van der Waals surface area contributed by atoms with Crippen LogP contribution in [-0.2, 0) is 6.18 Å². The predicted molar refractivity (Wildman–Crippen MR) is 102 cm³/mol. The Morgan fingerprint density at radius 3 is 2.50 bits per heavy atom. The van der Waals surface area contributed by atoms with E-state index >= 15 is 0 Å². The SMILES string of the molecule is O=C(N[C@@H](c1ccc(C(F)(F)F)cc1)c1ccccn1)c1ccc2oc(=O)[nH]c2c1. The number of hydrogen-bond acceptors (Lipinski definition) is 4. The van der Waals surface area contributed by atoms with Gasteiger partial charge in [-0.3, -0.25) is 14.8 Å². The Bertz CT molecular complexity index is 1250. The molecule has 0 spiro atoms. The van der Waals surface area contributed by atoms with Crippen LogP contribution >= 0.6 is 0 Å². The molecule has 2 aromatic carbocycles. The maximum Gasteiger partial charge on any atom is 0.417 e. The van der Waals surface area contributed by atoms with E-state index in [0.717, 1.165) is 12.1 Å². The van der Waals surface area contributed by atoms with Crippen LogP contribution in [-0.4, -0.2) is 15.9 Å². The van der Waals surface area contributed by atoms with Gasteiger partial charge in [-0.05, 0) is 48.0 Å². The van der Waals surface area contributed by atoms with Crippen LogP contribution in [0.25, 0.3) is 11.1 Å². The molecular formula is C21H14F3N3O3. The summed E-state index contributed by atoms with van der Waals surface area (Å²) in [6.45, 7) is 0. The highest BCUT2D eigenvalue weighted by Gasteiger charge is 2.30. The Morgan fingerprint density at radius 1 is 1.07 bits per heavy atom. The Labute approximate surface area is 167 Å². The van der Waals surface area contributed by atoms with Crippen LogP contribution in [0.15, 0.2) is 76.1 Å². The van der Waals surface area contributed by atoms with Gasteiger partial charge in [0.05, 0.1) is 22.8 Å². The molecule has 30 heavy (non-hydrogen) atoms. The molecule has 9 heteroatoms. The first-order chi connectivity index (χ1) is 14.3. The largest absolute Gasteiger partial charge is 0.417 e. The molecule has 0 aliphatic carbocycles. The lowest BCUT2D eigenvalue weighted by atomic mass is 10.0. The van der Waals surface area contributed by atoms with Crippen LogP contribution in [0, 0.1) is 0 Å². The summed E-state index contributed by atoms with van der Waals surface area (Å²) in [5.41, 5.74) is 1.02. The molecular weight excluding hydrogens is 399 g/mol. The molecule has 0 saturated carbocycles. The lowest BCUT2D eigenvalue weighted by Gasteiger charge is -2.19. The molecule has 4 aromatic rings. The van der Waals surface area contributed by atoms with Crippen molar-refractivity contribution in [2.45, 2.75) is 12.2 Å². The van der Waals surface area contributed by atoms with E-state index in [9.17, 15) is 22.8 Å². The number of aromatic amines is 1. The first-order valence-corrected chi connectivity index (χ1v) is 8.83. The summed E-state index contributed by atoms with van der Waals surface area (Å²) in [6, 6.07) is 13.2. The van der Waals surface area contributed by atoms with Gasteiger partial charge in [-0.1, -0.05) is 18.2 Å². The monoisotopic (exact) mass is 413 g/mol. The van der Waals surface area contributed by atoms with Crippen molar-refractivity contribution in [2.24, 2.45) is 0 Å². The minimum Gasteiger partial charge on any atom is -0.408 e. The third-order valence-corrected chi connectivity index (χ3v) is 4.51. The van der Waals surface area contributed by atoms with Crippen LogP contribution in [0.5, 0.6) is 0 Å². The van der Waals surface area contributed by atoms with Gasteiger partial charge < -0.3 is 9.73 Å². The van der Waals surface area contributed by atoms with Gasteiger partial charge in [0.2, 0.25) is 0 Å². The number of pyridine rings is 1. The predicted octanol–water partition coefficient (Wildman–Crippen LogP) is 4.05. The number of amides is 1. The summed E-state index contributed by atoms with van der Waals surface area (Å²) >= 11 is 0. The number of alkyl halides is 3. The summed E-state index contributed by atoms with van der Waals surface area (Å²) in [6.07, 6.45) is -2.93. The van der Waals surface area contributed by atoms with E-state index in [4.69, 9.17) is 4.42 Å². The third kappa shape index (κ3) is 3.95. The Hall–Kier alpha value is -3.88. The van der Waals surface area contributed by atoms with Crippen molar-refractivity contribution in [2.75, 3.05) is 0 Å². The smallest absolute Gasteiger partial charge is 0.408 e. The summed E-state index contributed by atoms with van der Waals surface area (Å²) in [5, 5.41) is 2.79. The van der Waals surface area contributed by atoms with Crippen LogP contribution in [0.4, 0.5) is 13.2 Å². The molecule has 0 bridgehead atoms. The average Bonchev–Trinajstić information content (AvgIpc) is 3.11. The topological polar surface area (TPSA) is 88.0 Å². The number of carbonyl (C=O) groups excluding carboxylic acids is 1. The molecule has 0 saturated heterocycles. The number of aromatic nitrogens is 2. The van der Waals surface area contributed by atoms with E-state index in [-0.39, 0.29) is 5.56 Å². The molecule has 6 nitrogen and oxygen atoms in total. The number of nitrogens with one attached hydrogen (secondary N) is 2. The maximum absolute atomic E-state index is 12.9. The van der Waals surface area contributed by atoms with Gasteiger partial charge >= 0.3 is 11.9 Å². The maximum atomic E-state index is 12.9. The number of hydrogen-bond donors (Lipinski definition) is 2. The molecule has 0 unspecified atom stereocenters. The standard InChI is InChI=1S/C21H14F3N3O3/c22-21(23,24)14-7-4-12(5-8-14)18(15-3-1-2-10-25-15)27-19(28)13-6-9-17-16(11-13)26-20(29)30-17/h1-11,18H,(H,26,29)(H,27,28)/t18-/m0/s1. The van der Waals surface area contributed by atoms with E-state index in [1.807, 2.05) is 0 Å². The molecule has 2 aromatic heterocycles. The quantitative estimate of drug-likeness (QED) is 0.528. The zero-order chi connectivity index (χ0) is 21.3. The molecule has 4 rings (SSSR count). The van der Waals surface area contributed by atoms with Crippen molar-refractivity contribution in [1.82, 2.24) is 15.3 Å². The number of benzene rings is 2. The van der Waals surface area contributed by atoms with E-state index < -0.39 is 29.4 Å². The van der Waals surface area contributed by atoms with Crippen molar-refractivity contribution in [3.8, 4) is 0 Å². The van der Waals surface area contributed by atoms with E-state index in [0.29, 0.717) is 22.4 Å². The second kappa shape index (κ2) is 7.51. The molecule has 152 valence electrons. The van der Waals surface area contributed by atoms with Crippen molar-refractivity contribution >= 4 is 17.0 Å². The first kappa shape index (κ1) is 19.4. The highest BCUT2D eigenvalue weighted by molar-refractivity contribution is 5.97. The van der Waals surface area contributed by atoms with Gasteiger partial charge in [0, 0.05) is 11.8 Å². The van der Waals surface area contributed by atoms with Crippen molar-refractivity contribution < 1.29 is 22.4 Å². The average molecular weight is 413 g/mol. The number of fused-ring (bicyclic) bond motifs is 1. The lowest BCUT2D eigenvalue weighted by Crippen LogP contribution is -2.30. The van der Waals surface area contributed by atoms with Crippen LogP contribution in [0.2, 0.25) is 0 Å². The van der Waals surface area contributed by atoms with Crippen molar-refractivity contribution in [1.29, 1.82) is 0 Å². The Morgan fingerprint density at radius 2 is 1.83 bits per heavy atom. The fraction of sp³-hybridized carbons (Fsp3) is 0.0952. The van der Waals surface area contributed by atoms with Gasteiger partial charge in [0.15, 0.2) is 5.58 Å². The minimum atomic E-state index is -4.46. The lowest BCUT2D eigenvalue weighted by molar-refractivity contribution is -0.137. The third-order valence-electron chi connectivity index (χ3n) is 4.51. The van der Waals surface area contributed by atoms with Gasteiger partial charge in [-0.25, -0.2) is 4.79 Å². The summed E-state index contributed by atoms with van der Waals surface area (Å²) in [4.78, 5) is 30.8. The molecule has 2 heterocycles. The number of nitrogens with zero attached hydrogens (tertiary/aromatic N) is 1. The number of carbonyl (C=O) groups is 1. The molecule has 0 radical (unpaired) electrons. The van der Waals surface area contributed by atoms with E-state index in [1.165, 1.54) is 36.5 Å². The minimum absolute atomic E-state index is 0.243. The molecule has 1 atom stereocenters. The van der Waals surface area contributed by atoms with Crippen LogP contribution in [0.3, 0.4) is 0 Å². The highest BCUT2D eigenvalue weighted by Crippen LogP contribution is 2.31. The fourth-order valence-electron chi connectivity index (χ4n) is 3.05. The number of halogens is 3. The normalized spacial score (nSPS) is 12.6.